The highest BCUT2D eigenvalue weighted by Crippen LogP contribution is 2.19. The third-order valence-electron chi connectivity index (χ3n) is 4.32. The van der Waals surface area contributed by atoms with Gasteiger partial charge in [-0.1, -0.05) is 24.3 Å². The molecule has 2 aromatic carbocycles. The zero-order valence-corrected chi connectivity index (χ0v) is 16.3. The number of halogens is 1. The molecule has 0 radical (unpaired) electrons. The number of rotatable bonds is 4. The maximum Gasteiger partial charge on any atom is 0.252 e. The van der Waals surface area contributed by atoms with Gasteiger partial charge in [-0.05, 0) is 72.2 Å². The number of H-pyrrole nitrogens is 1. The number of aryl methyl sites for hydroxylation is 2. The molecule has 0 aliphatic rings. The summed E-state index contributed by atoms with van der Waals surface area (Å²) >= 11 is 2.14. The molecule has 1 aromatic heterocycles. The minimum Gasteiger partial charge on any atom is -0.352 e. The Hall–Kier alpha value is -2.15. The number of carbonyl (C=O) groups is 1. The molecule has 3 aromatic rings. The van der Waals surface area contributed by atoms with E-state index in [4.69, 9.17) is 0 Å². The van der Waals surface area contributed by atoms with Gasteiger partial charge in [0.25, 0.3) is 11.5 Å². The van der Waals surface area contributed by atoms with Gasteiger partial charge in [-0.2, -0.15) is 0 Å². The van der Waals surface area contributed by atoms with Crippen LogP contribution in [0.4, 0.5) is 0 Å². The Bertz CT molecular complexity index is 1010. The fraction of sp³-hybridized carbons (Fsp3) is 0.200. The molecule has 2 N–H and O–H groups in total. The van der Waals surface area contributed by atoms with E-state index in [2.05, 4.69) is 39.0 Å². The lowest BCUT2D eigenvalue weighted by Crippen LogP contribution is -2.28. The van der Waals surface area contributed by atoms with Crippen LogP contribution in [-0.2, 0) is 6.42 Å². The van der Waals surface area contributed by atoms with Crippen molar-refractivity contribution in [3.63, 3.8) is 0 Å². The molecule has 0 spiro atoms. The van der Waals surface area contributed by atoms with Crippen LogP contribution in [0.15, 0.2) is 47.3 Å². The second-order valence-corrected chi connectivity index (χ2v) is 7.26. The minimum atomic E-state index is -0.116. The van der Waals surface area contributed by atoms with Gasteiger partial charge >= 0.3 is 0 Å². The Morgan fingerprint density at radius 3 is 2.60 bits per heavy atom. The smallest absolute Gasteiger partial charge is 0.252 e. The molecule has 3 rings (SSSR count). The Morgan fingerprint density at radius 1 is 1.12 bits per heavy atom. The van der Waals surface area contributed by atoms with Crippen LogP contribution in [0.5, 0.6) is 0 Å². The Kier molecular flexibility index (Phi) is 5.22. The van der Waals surface area contributed by atoms with E-state index in [0.29, 0.717) is 24.1 Å². The predicted octanol–water partition coefficient (Wildman–Crippen LogP) is 3.72. The highest BCUT2D eigenvalue weighted by atomic mass is 127. The first-order valence-electron chi connectivity index (χ1n) is 8.12. The molecule has 25 heavy (non-hydrogen) atoms. The van der Waals surface area contributed by atoms with Gasteiger partial charge in [0.05, 0.1) is 11.1 Å². The van der Waals surface area contributed by atoms with Crippen LogP contribution in [0, 0.1) is 17.4 Å². The number of pyridine rings is 1. The first-order chi connectivity index (χ1) is 12.0. The van der Waals surface area contributed by atoms with Crippen molar-refractivity contribution in [2.45, 2.75) is 20.3 Å². The van der Waals surface area contributed by atoms with Crippen LogP contribution in [0.2, 0.25) is 0 Å². The molecule has 128 valence electrons. The Labute approximate surface area is 159 Å². The zero-order valence-electron chi connectivity index (χ0n) is 14.2. The first kappa shape index (κ1) is 17.7. The summed E-state index contributed by atoms with van der Waals surface area (Å²) in [6.45, 7) is 4.44. The fourth-order valence-corrected chi connectivity index (χ4v) is 3.49. The van der Waals surface area contributed by atoms with Crippen molar-refractivity contribution in [3.05, 3.63) is 78.6 Å². The molecule has 0 bridgehead atoms. The van der Waals surface area contributed by atoms with Crippen molar-refractivity contribution in [1.29, 1.82) is 0 Å². The van der Waals surface area contributed by atoms with Crippen molar-refractivity contribution < 1.29 is 4.79 Å². The molecule has 0 unspecified atom stereocenters. The van der Waals surface area contributed by atoms with Crippen molar-refractivity contribution >= 4 is 39.4 Å². The van der Waals surface area contributed by atoms with Gasteiger partial charge in [0.15, 0.2) is 0 Å². The minimum absolute atomic E-state index is 0.0928. The normalized spacial score (nSPS) is 10.8. The number of carbonyl (C=O) groups excluding carboxylic acids is 1. The van der Waals surface area contributed by atoms with Crippen LogP contribution in [0.25, 0.3) is 10.9 Å². The van der Waals surface area contributed by atoms with Crippen LogP contribution in [-0.4, -0.2) is 17.4 Å². The quantitative estimate of drug-likeness (QED) is 0.601. The van der Waals surface area contributed by atoms with Crippen molar-refractivity contribution in [2.24, 2.45) is 0 Å². The molecule has 4 nitrogen and oxygen atoms in total. The van der Waals surface area contributed by atoms with Crippen LogP contribution < -0.4 is 10.9 Å². The summed E-state index contributed by atoms with van der Waals surface area (Å²) in [4.78, 5) is 27.6. The molecule has 5 heteroatoms. The molecule has 0 aliphatic carbocycles. The monoisotopic (exact) mass is 446 g/mol. The Balaban J connectivity index is 1.77. The van der Waals surface area contributed by atoms with Crippen molar-refractivity contribution in [1.82, 2.24) is 10.3 Å². The summed E-state index contributed by atoms with van der Waals surface area (Å²) in [5.74, 6) is -0.116. The number of hydrogen-bond donors (Lipinski definition) is 2. The molecule has 0 fully saturated rings. The fourth-order valence-electron chi connectivity index (χ4n) is 2.86. The largest absolute Gasteiger partial charge is 0.352 e. The van der Waals surface area contributed by atoms with E-state index >= 15 is 0 Å². The van der Waals surface area contributed by atoms with E-state index < -0.39 is 0 Å². The standard InChI is InChI=1S/C20H19IN2O2/c1-12-7-8-13(2)18-16(12)11-14(19(24)23-18)9-10-22-20(25)15-5-3-4-6-17(15)21/h3-8,11H,9-10H2,1-2H3,(H,22,25)(H,23,24). The van der Waals surface area contributed by atoms with E-state index in [1.807, 2.05) is 44.2 Å². The van der Waals surface area contributed by atoms with Gasteiger partial charge in [-0.15, -0.1) is 0 Å². The summed E-state index contributed by atoms with van der Waals surface area (Å²) in [7, 11) is 0. The number of fused-ring (bicyclic) bond motifs is 1. The number of nitrogens with one attached hydrogen (secondary N) is 2. The average molecular weight is 446 g/mol. The van der Waals surface area contributed by atoms with Gasteiger partial charge in [-0.25, -0.2) is 0 Å². The average Bonchev–Trinajstić information content (AvgIpc) is 2.59. The predicted molar refractivity (Wildman–Crippen MR) is 109 cm³/mol. The van der Waals surface area contributed by atoms with E-state index in [0.717, 1.165) is 25.6 Å². The third kappa shape index (κ3) is 3.76. The maximum absolute atomic E-state index is 12.3. The number of amides is 1. The summed E-state index contributed by atoms with van der Waals surface area (Å²) in [5, 5.41) is 3.95. The summed E-state index contributed by atoms with van der Waals surface area (Å²) in [6.07, 6.45) is 0.494. The molecule has 0 saturated heterocycles. The summed E-state index contributed by atoms with van der Waals surface area (Å²) in [6, 6.07) is 13.4. The molecular formula is C20H19IN2O2. The lowest BCUT2D eigenvalue weighted by molar-refractivity contribution is 0.0953. The van der Waals surface area contributed by atoms with Gasteiger partial charge < -0.3 is 10.3 Å². The van der Waals surface area contributed by atoms with Crippen molar-refractivity contribution in [2.75, 3.05) is 6.54 Å². The molecular weight excluding hydrogens is 427 g/mol. The third-order valence-corrected chi connectivity index (χ3v) is 5.26. The number of aromatic nitrogens is 1. The van der Waals surface area contributed by atoms with E-state index in [9.17, 15) is 9.59 Å². The lowest BCUT2D eigenvalue weighted by atomic mass is 10.0. The highest BCUT2D eigenvalue weighted by Gasteiger charge is 2.10. The molecule has 1 amide bonds. The van der Waals surface area contributed by atoms with E-state index in [1.165, 1.54) is 0 Å². The molecule has 0 atom stereocenters. The maximum atomic E-state index is 12.3. The van der Waals surface area contributed by atoms with E-state index in [1.54, 1.807) is 6.07 Å². The first-order valence-corrected chi connectivity index (χ1v) is 9.20. The number of hydrogen-bond acceptors (Lipinski definition) is 2. The van der Waals surface area contributed by atoms with Gasteiger partial charge in [0.2, 0.25) is 0 Å². The van der Waals surface area contributed by atoms with Gasteiger partial charge in [0, 0.05) is 21.1 Å². The van der Waals surface area contributed by atoms with Crippen molar-refractivity contribution in [3.8, 4) is 0 Å². The number of benzene rings is 2. The summed E-state index contributed by atoms with van der Waals surface area (Å²) < 4.78 is 0.909. The second kappa shape index (κ2) is 7.39. The van der Waals surface area contributed by atoms with Crippen LogP contribution >= 0.6 is 22.6 Å². The summed E-state index contributed by atoms with van der Waals surface area (Å²) in [5.41, 5.74) is 4.31. The van der Waals surface area contributed by atoms with Gasteiger partial charge in [-0.3, -0.25) is 9.59 Å². The molecule has 1 heterocycles. The lowest BCUT2D eigenvalue weighted by Gasteiger charge is -2.09. The highest BCUT2D eigenvalue weighted by molar-refractivity contribution is 14.1. The Morgan fingerprint density at radius 2 is 1.84 bits per heavy atom. The molecule has 0 saturated carbocycles. The van der Waals surface area contributed by atoms with E-state index in [-0.39, 0.29) is 11.5 Å². The van der Waals surface area contributed by atoms with Crippen LogP contribution in [0.1, 0.15) is 27.0 Å². The van der Waals surface area contributed by atoms with Crippen LogP contribution in [0.3, 0.4) is 0 Å². The second-order valence-electron chi connectivity index (χ2n) is 6.10. The zero-order chi connectivity index (χ0) is 18.0. The number of aromatic amines is 1. The SMILES string of the molecule is Cc1ccc(C)c2[nH]c(=O)c(CCNC(=O)c3ccccc3I)cc12. The molecule has 0 aliphatic heterocycles. The van der Waals surface area contributed by atoms with Gasteiger partial charge in [0.1, 0.15) is 0 Å². The topological polar surface area (TPSA) is 62.0 Å².